The van der Waals surface area contributed by atoms with Crippen LogP contribution in [0, 0.1) is 5.82 Å². The Labute approximate surface area is 130 Å². The van der Waals surface area contributed by atoms with Crippen molar-refractivity contribution in [2.75, 3.05) is 33.9 Å². The summed E-state index contributed by atoms with van der Waals surface area (Å²) in [6, 6.07) is 4.56. The standard InChI is InChI=1S/C16H22FNO4/c1-16(2)10-18(8-11(22-16)9-20-3)15(19)12-6-5-7-13(21-4)14(12)17/h5-7,11H,8-10H2,1-4H3/t11-/m1/s1. The molecule has 1 aromatic carbocycles. The van der Waals surface area contributed by atoms with Gasteiger partial charge in [0, 0.05) is 20.2 Å². The van der Waals surface area contributed by atoms with Crippen LogP contribution in [0.4, 0.5) is 4.39 Å². The van der Waals surface area contributed by atoms with E-state index in [-0.39, 0.29) is 23.3 Å². The zero-order valence-corrected chi connectivity index (χ0v) is 13.4. The number of nitrogens with zero attached hydrogens (tertiary/aromatic N) is 1. The summed E-state index contributed by atoms with van der Waals surface area (Å²) < 4.78 is 30.2. The maximum Gasteiger partial charge on any atom is 0.257 e. The highest BCUT2D eigenvalue weighted by Crippen LogP contribution is 2.26. The van der Waals surface area contributed by atoms with Gasteiger partial charge in [-0.3, -0.25) is 4.79 Å². The van der Waals surface area contributed by atoms with Gasteiger partial charge in [-0.2, -0.15) is 0 Å². The number of benzene rings is 1. The summed E-state index contributed by atoms with van der Waals surface area (Å²) in [7, 11) is 2.96. The molecule has 0 aromatic heterocycles. The van der Waals surface area contributed by atoms with E-state index in [2.05, 4.69) is 0 Å². The molecule has 0 spiro atoms. The first-order valence-electron chi connectivity index (χ1n) is 7.16. The molecule has 122 valence electrons. The van der Waals surface area contributed by atoms with E-state index in [0.29, 0.717) is 19.7 Å². The van der Waals surface area contributed by atoms with Crippen molar-refractivity contribution in [1.82, 2.24) is 4.90 Å². The minimum absolute atomic E-state index is 0.00761. The van der Waals surface area contributed by atoms with Crippen molar-refractivity contribution in [2.45, 2.75) is 25.6 Å². The van der Waals surface area contributed by atoms with Crippen LogP contribution in [0.15, 0.2) is 18.2 Å². The van der Waals surface area contributed by atoms with E-state index in [1.807, 2.05) is 13.8 Å². The van der Waals surface area contributed by atoms with Gasteiger partial charge in [-0.05, 0) is 26.0 Å². The Kier molecular flexibility index (Phi) is 5.03. The number of morpholine rings is 1. The van der Waals surface area contributed by atoms with Crippen LogP contribution in [0.5, 0.6) is 5.75 Å². The smallest absolute Gasteiger partial charge is 0.257 e. The molecule has 0 radical (unpaired) electrons. The summed E-state index contributed by atoms with van der Waals surface area (Å²) in [5, 5.41) is 0. The quantitative estimate of drug-likeness (QED) is 0.854. The molecule has 0 saturated carbocycles. The van der Waals surface area contributed by atoms with Crippen LogP contribution >= 0.6 is 0 Å². The van der Waals surface area contributed by atoms with Gasteiger partial charge in [0.05, 0.1) is 31.0 Å². The van der Waals surface area contributed by atoms with E-state index in [4.69, 9.17) is 14.2 Å². The zero-order chi connectivity index (χ0) is 16.3. The van der Waals surface area contributed by atoms with Crippen LogP contribution < -0.4 is 4.74 Å². The molecular weight excluding hydrogens is 289 g/mol. The van der Waals surface area contributed by atoms with Crippen LogP contribution in [0.25, 0.3) is 0 Å². The average Bonchev–Trinajstić information content (AvgIpc) is 2.45. The number of amides is 1. The van der Waals surface area contributed by atoms with Gasteiger partial charge < -0.3 is 19.1 Å². The lowest BCUT2D eigenvalue weighted by Gasteiger charge is -2.42. The molecule has 1 amide bonds. The molecule has 0 aliphatic carbocycles. The Balaban J connectivity index is 2.24. The summed E-state index contributed by atoms with van der Waals surface area (Å²) in [5.74, 6) is -0.941. The molecular formula is C16H22FNO4. The predicted molar refractivity (Wildman–Crippen MR) is 79.7 cm³/mol. The lowest BCUT2D eigenvalue weighted by atomic mass is 10.0. The molecule has 0 bridgehead atoms. The van der Waals surface area contributed by atoms with Gasteiger partial charge in [-0.1, -0.05) is 6.07 Å². The SMILES string of the molecule is COC[C@H]1CN(C(=O)c2cccc(OC)c2F)CC(C)(C)O1. The summed E-state index contributed by atoms with van der Waals surface area (Å²) in [4.78, 5) is 14.3. The third kappa shape index (κ3) is 3.56. The molecule has 1 saturated heterocycles. The van der Waals surface area contributed by atoms with Crippen LogP contribution in [-0.4, -0.2) is 56.4 Å². The minimum Gasteiger partial charge on any atom is -0.494 e. The summed E-state index contributed by atoms with van der Waals surface area (Å²) >= 11 is 0. The van der Waals surface area contributed by atoms with Crippen LogP contribution in [0.3, 0.4) is 0 Å². The van der Waals surface area contributed by atoms with Crippen molar-refractivity contribution in [3.05, 3.63) is 29.6 Å². The van der Waals surface area contributed by atoms with Gasteiger partial charge in [0.2, 0.25) is 0 Å². The Morgan fingerprint density at radius 3 is 2.82 bits per heavy atom. The van der Waals surface area contributed by atoms with Crippen molar-refractivity contribution in [1.29, 1.82) is 0 Å². The Bertz CT molecular complexity index is 547. The van der Waals surface area contributed by atoms with Gasteiger partial charge in [0.25, 0.3) is 5.91 Å². The first-order chi connectivity index (χ1) is 10.4. The molecule has 0 unspecified atom stereocenters. The molecule has 1 aliphatic heterocycles. The minimum atomic E-state index is -0.636. The predicted octanol–water partition coefficient (Wildman–Crippen LogP) is 2.10. The topological polar surface area (TPSA) is 48.0 Å². The molecule has 2 rings (SSSR count). The van der Waals surface area contributed by atoms with Crippen molar-refractivity contribution in [3.8, 4) is 5.75 Å². The molecule has 1 fully saturated rings. The summed E-state index contributed by atoms with van der Waals surface area (Å²) in [6.45, 7) is 4.94. The highest BCUT2D eigenvalue weighted by molar-refractivity contribution is 5.95. The van der Waals surface area contributed by atoms with Crippen LogP contribution in [0.1, 0.15) is 24.2 Å². The number of halogens is 1. The molecule has 0 N–H and O–H groups in total. The fraction of sp³-hybridized carbons (Fsp3) is 0.562. The number of hydrogen-bond acceptors (Lipinski definition) is 4. The van der Waals surface area contributed by atoms with E-state index >= 15 is 0 Å². The summed E-state index contributed by atoms with van der Waals surface area (Å²) in [5.41, 5.74) is -0.500. The zero-order valence-electron chi connectivity index (χ0n) is 13.4. The Morgan fingerprint density at radius 2 is 2.18 bits per heavy atom. The summed E-state index contributed by atoms with van der Waals surface area (Å²) in [6.07, 6.45) is -0.230. The lowest BCUT2D eigenvalue weighted by Crippen LogP contribution is -2.55. The highest BCUT2D eigenvalue weighted by Gasteiger charge is 2.36. The monoisotopic (exact) mass is 311 g/mol. The number of methoxy groups -OCH3 is 2. The molecule has 5 nitrogen and oxygen atoms in total. The third-order valence-electron chi connectivity index (χ3n) is 3.53. The number of ether oxygens (including phenoxy) is 3. The van der Waals surface area contributed by atoms with E-state index in [0.717, 1.165) is 0 Å². The lowest BCUT2D eigenvalue weighted by molar-refractivity contribution is -0.143. The Hall–Kier alpha value is -1.66. The van der Waals surface area contributed by atoms with Crippen molar-refractivity contribution in [3.63, 3.8) is 0 Å². The van der Waals surface area contributed by atoms with Crippen molar-refractivity contribution >= 4 is 5.91 Å². The van der Waals surface area contributed by atoms with Gasteiger partial charge in [-0.25, -0.2) is 4.39 Å². The van der Waals surface area contributed by atoms with E-state index in [1.165, 1.54) is 19.2 Å². The largest absolute Gasteiger partial charge is 0.494 e. The van der Waals surface area contributed by atoms with Gasteiger partial charge in [-0.15, -0.1) is 0 Å². The van der Waals surface area contributed by atoms with E-state index in [1.54, 1.807) is 18.1 Å². The number of rotatable bonds is 4. The van der Waals surface area contributed by atoms with Crippen LogP contribution in [0.2, 0.25) is 0 Å². The first kappa shape index (κ1) is 16.7. The fourth-order valence-electron chi connectivity index (χ4n) is 2.73. The van der Waals surface area contributed by atoms with Crippen LogP contribution in [-0.2, 0) is 9.47 Å². The molecule has 22 heavy (non-hydrogen) atoms. The number of hydrogen-bond donors (Lipinski definition) is 0. The first-order valence-corrected chi connectivity index (χ1v) is 7.16. The molecule has 1 heterocycles. The van der Waals surface area contributed by atoms with Gasteiger partial charge >= 0.3 is 0 Å². The highest BCUT2D eigenvalue weighted by atomic mass is 19.1. The third-order valence-corrected chi connectivity index (χ3v) is 3.53. The average molecular weight is 311 g/mol. The van der Waals surface area contributed by atoms with E-state index in [9.17, 15) is 9.18 Å². The van der Waals surface area contributed by atoms with Crippen molar-refractivity contribution < 1.29 is 23.4 Å². The number of carbonyl (C=O) groups excluding carboxylic acids is 1. The fourth-order valence-corrected chi connectivity index (χ4v) is 2.73. The maximum atomic E-state index is 14.3. The maximum absolute atomic E-state index is 14.3. The van der Waals surface area contributed by atoms with E-state index < -0.39 is 11.4 Å². The van der Waals surface area contributed by atoms with Gasteiger partial charge in [0.15, 0.2) is 11.6 Å². The molecule has 1 aromatic rings. The normalized spacial score (nSPS) is 20.8. The van der Waals surface area contributed by atoms with Crippen molar-refractivity contribution in [2.24, 2.45) is 0 Å². The second kappa shape index (κ2) is 6.62. The second-order valence-corrected chi connectivity index (χ2v) is 5.96. The molecule has 1 aliphatic rings. The molecule has 6 heteroatoms. The Morgan fingerprint density at radius 1 is 1.45 bits per heavy atom. The molecule has 1 atom stereocenters. The van der Waals surface area contributed by atoms with Gasteiger partial charge in [0.1, 0.15) is 0 Å². The second-order valence-electron chi connectivity index (χ2n) is 5.96. The number of carbonyl (C=O) groups is 1.